The lowest BCUT2D eigenvalue weighted by Gasteiger charge is -2.08. The second-order valence-electron chi connectivity index (χ2n) is 4.57. The van der Waals surface area contributed by atoms with Crippen LogP contribution in [0.1, 0.15) is 15.9 Å². The van der Waals surface area contributed by atoms with Gasteiger partial charge in [0.2, 0.25) is 5.78 Å². The number of halogens is 2. The normalized spacial score (nSPS) is 15.0. The summed E-state index contributed by atoms with van der Waals surface area (Å²) < 4.78 is 5.28. The number of allylic oxidation sites excluding steroid dienone is 1. The molecule has 0 radical (unpaired) electrons. The lowest BCUT2D eigenvalue weighted by atomic mass is 10.1. The van der Waals surface area contributed by atoms with E-state index in [2.05, 4.69) is 5.32 Å². The molecule has 106 valence electrons. The average molecular weight is 320 g/mol. The van der Waals surface area contributed by atoms with E-state index in [1.54, 1.807) is 24.3 Å². The summed E-state index contributed by atoms with van der Waals surface area (Å²) in [5, 5.41) is 3.98. The maximum absolute atomic E-state index is 12.3. The largest absolute Gasteiger partial charge is 0.495 e. The van der Waals surface area contributed by atoms with Crippen LogP contribution in [0.5, 0.6) is 5.75 Å². The number of nitrogens with one attached hydrogen (secondary N) is 1. The Hall–Kier alpha value is -1.97. The third kappa shape index (κ3) is 2.50. The number of anilines is 1. The number of rotatable bonds is 2. The molecule has 0 saturated carbocycles. The van der Waals surface area contributed by atoms with Crippen LogP contribution in [0.2, 0.25) is 10.0 Å². The first kappa shape index (κ1) is 14.0. The Labute approximate surface area is 132 Å². The van der Waals surface area contributed by atoms with Crippen LogP contribution in [0.15, 0.2) is 42.1 Å². The first-order valence-electron chi connectivity index (χ1n) is 6.25. The SMILES string of the molecule is COc1c(Cl)cc(Cl)cc1C=C1Nc2ccccc2C1=O. The van der Waals surface area contributed by atoms with E-state index in [1.165, 1.54) is 7.11 Å². The lowest BCUT2D eigenvalue weighted by Crippen LogP contribution is -2.00. The molecule has 1 aliphatic heterocycles. The zero-order valence-corrected chi connectivity index (χ0v) is 12.6. The molecule has 1 aliphatic rings. The standard InChI is InChI=1S/C16H11Cl2NO2/c1-21-16-9(6-10(17)8-12(16)18)7-14-15(20)11-4-2-3-5-13(11)19-14/h2-8,19H,1H3. The highest BCUT2D eigenvalue weighted by Gasteiger charge is 2.24. The van der Waals surface area contributed by atoms with Gasteiger partial charge in [0.15, 0.2) is 0 Å². The van der Waals surface area contributed by atoms with Gasteiger partial charge in [-0.1, -0.05) is 35.3 Å². The van der Waals surface area contributed by atoms with Gasteiger partial charge in [0.05, 0.1) is 17.8 Å². The minimum Gasteiger partial charge on any atom is -0.495 e. The van der Waals surface area contributed by atoms with Crippen LogP contribution in [-0.2, 0) is 0 Å². The number of hydrogen-bond donors (Lipinski definition) is 1. The van der Waals surface area contributed by atoms with Crippen molar-refractivity contribution < 1.29 is 9.53 Å². The summed E-state index contributed by atoms with van der Waals surface area (Å²) >= 11 is 12.1. The fourth-order valence-corrected chi connectivity index (χ4v) is 2.88. The van der Waals surface area contributed by atoms with Crippen LogP contribution in [0.3, 0.4) is 0 Å². The summed E-state index contributed by atoms with van der Waals surface area (Å²) in [5.41, 5.74) is 2.56. The van der Waals surface area contributed by atoms with Gasteiger partial charge in [-0.15, -0.1) is 0 Å². The van der Waals surface area contributed by atoms with E-state index in [4.69, 9.17) is 27.9 Å². The third-order valence-electron chi connectivity index (χ3n) is 3.23. The average Bonchev–Trinajstić information content (AvgIpc) is 2.76. The summed E-state index contributed by atoms with van der Waals surface area (Å²) in [4.78, 5) is 12.3. The molecule has 2 aromatic carbocycles. The van der Waals surface area contributed by atoms with Crippen LogP contribution in [0.4, 0.5) is 5.69 Å². The molecule has 0 spiro atoms. The molecule has 0 fully saturated rings. The number of methoxy groups -OCH3 is 1. The monoisotopic (exact) mass is 319 g/mol. The van der Waals surface area contributed by atoms with Crippen molar-refractivity contribution in [2.24, 2.45) is 0 Å². The maximum atomic E-state index is 12.3. The molecule has 0 aromatic heterocycles. The van der Waals surface area contributed by atoms with Gasteiger partial charge in [-0.3, -0.25) is 4.79 Å². The Morgan fingerprint density at radius 2 is 1.95 bits per heavy atom. The minimum atomic E-state index is -0.0660. The maximum Gasteiger partial charge on any atom is 0.211 e. The number of ketones is 1. The molecule has 1 heterocycles. The second kappa shape index (κ2) is 5.43. The van der Waals surface area contributed by atoms with Crippen LogP contribution in [-0.4, -0.2) is 12.9 Å². The molecular formula is C16H11Cl2NO2. The van der Waals surface area contributed by atoms with E-state index in [9.17, 15) is 4.79 Å². The van der Waals surface area contributed by atoms with Crippen molar-refractivity contribution in [1.29, 1.82) is 0 Å². The molecule has 0 bridgehead atoms. The van der Waals surface area contributed by atoms with Crippen molar-refractivity contribution in [1.82, 2.24) is 0 Å². The van der Waals surface area contributed by atoms with Gasteiger partial charge in [0, 0.05) is 21.8 Å². The minimum absolute atomic E-state index is 0.0660. The zero-order valence-electron chi connectivity index (χ0n) is 11.1. The predicted molar refractivity (Wildman–Crippen MR) is 85.4 cm³/mol. The first-order chi connectivity index (χ1) is 10.1. The number of carbonyl (C=O) groups is 1. The smallest absolute Gasteiger partial charge is 0.211 e. The topological polar surface area (TPSA) is 38.3 Å². The quantitative estimate of drug-likeness (QED) is 0.819. The number of para-hydroxylation sites is 1. The molecule has 21 heavy (non-hydrogen) atoms. The molecule has 1 N–H and O–H groups in total. The number of fused-ring (bicyclic) bond motifs is 1. The first-order valence-corrected chi connectivity index (χ1v) is 7.01. The summed E-state index contributed by atoms with van der Waals surface area (Å²) in [6, 6.07) is 10.7. The third-order valence-corrected chi connectivity index (χ3v) is 3.73. The van der Waals surface area contributed by atoms with Crippen LogP contribution < -0.4 is 10.1 Å². The highest BCUT2D eigenvalue weighted by molar-refractivity contribution is 6.36. The summed E-state index contributed by atoms with van der Waals surface area (Å²) in [6.07, 6.45) is 1.69. The van der Waals surface area contributed by atoms with Gasteiger partial charge in [-0.25, -0.2) is 0 Å². The number of carbonyl (C=O) groups excluding carboxylic acids is 1. The van der Waals surface area contributed by atoms with Crippen LogP contribution in [0.25, 0.3) is 6.08 Å². The Morgan fingerprint density at radius 3 is 2.67 bits per heavy atom. The molecule has 2 aromatic rings. The molecule has 3 rings (SSSR count). The van der Waals surface area contributed by atoms with Crippen molar-refractivity contribution in [3.8, 4) is 5.75 Å². The van der Waals surface area contributed by atoms with Gasteiger partial charge in [-0.05, 0) is 30.3 Å². The van der Waals surface area contributed by atoms with E-state index in [0.29, 0.717) is 32.6 Å². The Balaban J connectivity index is 2.07. The van der Waals surface area contributed by atoms with E-state index < -0.39 is 0 Å². The Morgan fingerprint density at radius 1 is 1.19 bits per heavy atom. The van der Waals surface area contributed by atoms with Crippen LogP contribution >= 0.6 is 23.2 Å². The van der Waals surface area contributed by atoms with Crippen molar-refractivity contribution in [2.45, 2.75) is 0 Å². The molecule has 0 atom stereocenters. The Kier molecular flexibility index (Phi) is 3.62. The van der Waals surface area contributed by atoms with E-state index in [1.807, 2.05) is 18.2 Å². The Bertz CT molecular complexity index is 769. The highest BCUT2D eigenvalue weighted by atomic mass is 35.5. The zero-order chi connectivity index (χ0) is 15.0. The van der Waals surface area contributed by atoms with Crippen molar-refractivity contribution in [3.63, 3.8) is 0 Å². The van der Waals surface area contributed by atoms with Gasteiger partial charge in [-0.2, -0.15) is 0 Å². The van der Waals surface area contributed by atoms with Crippen molar-refractivity contribution >= 4 is 40.7 Å². The van der Waals surface area contributed by atoms with Crippen molar-refractivity contribution in [2.75, 3.05) is 12.4 Å². The lowest BCUT2D eigenvalue weighted by molar-refractivity contribution is 0.104. The summed E-state index contributed by atoms with van der Waals surface area (Å²) in [7, 11) is 1.52. The van der Waals surface area contributed by atoms with E-state index >= 15 is 0 Å². The van der Waals surface area contributed by atoms with Crippen molar-refractivity contribution in [3.05, 3.63) is 63.3 Å². The van der Waals surface area contributed by atoms with Crippen LogP contribution in [0, 0.1) is 0 Å². The molecule has 5 heteroatoms. The molecule has 0 aliphatic carbocycles. The number of benzene rings is 2. The summed E-state index contributed by atoms with van der Waals surface area (Å²) in [5.74, 6) is 0.419. The van der Waals surface area contributed by atoms with Gasteiger partial charge in [0.1, 0.15) is 5.75 Å². The predicted octanol–water partition coefficient (Wildman–Crippen LogP) is 4.65. The molecular weight excluding hydrogens is 309 g/mol. The number of hydrogen-bond acceptors (Lipinski definition) is 3. The molecule has 3 nitrogen and oxygen atoms in total. The molecule has 0 saturated heterocycles. The fourth-order valence-electron chi connectivity index (χ4n) is 2.30. The molecule has 0 amide bonds. The van der Waals surface area contributed by atoms with Gasteiger partial charge >= 0.3 is 0 Å². The summed E-state index contributed by atoms with van der Waals surface area (Å²) in [6.45, 7) is 0. The highest BCUT2D eigenvalue weighted by Crippen LogP contribution is 2.35. The van der Waals surface area contributed by atoms with Gasteiger partial charge in [0.25, 0.3) is 0 Å². The van der Waals surface area contributed by atoms with E-state index in [-0.39, 0.29) is 5.78 Å². The number of ether oxygens (including phenoxy) is 1. The molecule has 0 unspecified atom stereocenters. The second-order valence-corrected chi connectivity index (χ2v) is 5.41. The van der Waals surface area contributed by atoms with Gasteiger partial charge < -0.3 is 10.1 Å². The number of Topliss-reactive ketones (excluding diaryl/α,β-unsaturated/α-hetero) is 1. The van der Waals surface area contributed by atoms with E-state index in [0.717, 1.165) is 5.69 Å². The fraction of sp³-hybridized carbons (Fsp3) is 0.0625.